The first kappa shape index (κ1) is 16.6. The first-order valence-electron chi connectivity index (χ1n) is 7.68. The molecule has 1 N–H and O–H groups in total. The van der Waals surface area contributed by atoms with E-state index >= 15 is 0 Å². The summed E-state index contributed by atoms with van der Waals surface area (Å²) in [7, 11) is 3.23. The van der Waals surface area contributed by atoms with E-state index in [-0.39, 0.29) is 11.7 Å². The molecule has 0 aliphatic rings. The number of benzene rings is 2. The van der Waals surface area contributed by atoms with Gasteiger partial charge in [0, 0.05) is 17.3 Å². The zero-order valence-corrected chi connectivity index (χ0v) is 14.2. The van der Waals surface area contributed by atoms with Crippen LogP contribution in [0.4, 0.5) is 5.69 Å². The van der Waals surface area contributed by atoms with Crippen LogP contribution in [0, 0.1) is 6.92 Å². The maximum Gasteiger partial charge on any atom is 0.294 e. The number of hydrogen-bond donors (Lipinski definition) is 1. The molecule has 0 saturated carbocycles. The van der Waals surface area contributed by atoms with Crippen LogP contribution in [0.2, 0.25) is 0 Å². The minimum absolute atomic E-state index is 0.166. The van der Waals surface area contributed by atoms with Crippen LogP contribution in [0.5, 0.6) is 11.5 Å². The first-order valence-corrected chi connectivity index (χ1v) is 7.68. The predicted octanol–water partition coefficient (Wildman–Crippen LogP) is 3.92. The van der Waals surface area contributed by atoms with Gasteiger partial charge in [0.1, 0.15) is 11.5 Å². The molecule has 3 aromatic rings. The Kier molecular flexibility index (Phi) is 4.70. The molecule has 0 fully saturated rings. The van der Waals surface area contributed by atoms with Crippen molar-refractivity contribution in [2.24, 2.45) is 0 Å². The number of nitrogens with one attached hydrogen (secondary N) is 1. The third-order valence-electron chi connectivity index (χ3n) is 3.71. The Morgan fingerprint density at radius 2 is 1.80 bits per heavy atom. The van der Waals surface area contributed by atoms with Gasteiger partial charge >= 0.3 is 0 Å². The maximum atomic E-state index is 12.2. The zero-order valence-electron chi connectivity index (χ0n) is 14.2. The fourth-order valence-electron chi connectivity index (χ4n) is 2.45. The number of anilines is 1. The summed E-state index contributed by atoms with van der Waals surface area (Å²) in [4.78, 5) is 12.2. The number of carbonyl (C=O) groups is 1. The molecule has 3 rings (SSSR count). The van der Waals surface area contributed by atoms with Crippen LogP contribution < -0.4 is 14.8 Å². The lowest BCUT2D eigenvalue weighted by atomic mass is 10.0. The summed E-state index contributed by atoms with van der Waals surface area (Å²) in [6, 6.07) is 14.6. The van der Waals surface area contributed by atoms with Gasteiger partial charge < -0.3 is 19.3 Å². The normalized spacial score (nSPS) is 10.4. The topological polar surface area (TPSA) is 73.6 Å². The minimum Gasteiger partial charge on any atom is -0.497 e. The van der Waals surface area contributed by atoms with Crippen molar-refractivity contribution in [3.8, 4) is 22.6 Å². The minimum atomic E-state index is -0.355. The summed E-state index contributed by atoms with van der Waals surface area (Å²) in [5.41, 5.74) is 3.09. The van der Waals surface area contributed by atoms with Gasteiger partial charge in [0.15, 0.2) is 0 Å². The van der Waals surface area contributed by atoms with Crippen molar-refractivity contribution in [3.05, 3.63) is 60.0 Å². The summed E-state index contributed by atoms with van der Waals surface area (Å²) in [6.07, 6.45) is 0. The second kappa shape index (κ2) is 7.09. The number of methoxy groups -OCH3 is 2. The highest BCUT2D eigenvalue weighted by Gasteiger charge is 2.14. The molecule has 0 atom stereocenters. The molecule has 6 heteroatoms. The molecule has 6 nitrogen and oxygen atoms in total. The lowest BCUT2D eigenvalue weighted by molar-refractivity contribution is 0.0988. The Balaban J connectivity index is 1.90. The van der Waals surface area contributed by atoms with E-state index < -0.39 is 0 Å². The molecule has 0 aliphatic heterocycles. The quantitative estimate of drug-likeness (QED) is 0.763. The molecule has 1 heterocycles. The molecule has 0 unspecified atom stereocenters. The van der Waals surface area contributed by atoms with Crippen molar-refractivity contribution in [2.75, 3.05) is 19.5 Å². The summed E-state index contributed by atoms with van der Waals surface area (Å²) in [5.74, 6) is 1.29. The van der Waals surface area contributed by atoms with Crippen LogP contribution in [0.3, 0.4) is 0 Å². The molecule has 128 valence electrons. The lowest BCUT2D eigenvalue weighted by Gasteiger charge is -2.12. The number of aryl methyl sites for hydroxylation is 1. The molecule has 0 radical (unpaired) electrons. The average Bonchev–Trinajstić information content (AvgIpc) is 3.08. The van der Waals surface area contributed by atoms with Crippen molar-refractivity contribution in [2.45, 2.75) is 6.92 Å². The number of nitrogens with zero attached hydrogens (tertiary/aromatic N) is 1. The Morgan fingerprint density at radius 3 is 2.40 bits per heavy atom. The van der Waals surface area contributed by atoms with Crippen molar-refractivity contribution >= 4 is 11.6 Å². The lowest BCUT2D eigenvalue weighted by Crippen LogP contribution is -2.11. The van der Waals surface area contributed by atoms with Gasteiger partial charge in [0.05, 0.1) is 19.9 Å². The second-order valence-electron chi connectivity index (χ2n) is 5.43. The van der Waals surface area contributed by atoms with Crippen LogP contribution in [0.1, 0.15) is 16.2 Å². The van der Waals surface area contributed by atoms with Gasteiger partial charge in [0.25, 0.3) is 5.91 Å². The Morgan fingerprint density at radius 1 is 1.04 bits per heavy atom. The number of aromatic nitrogens is 1. The molecular weight excluding hydrogens is 320 g/mol. The molecule has 0 bridgehead atoms. The molecule has 25 heavy (non-hydrogen) atoms. The van der Waals surface area contributed by atoms with Crippen molar-refractivity contribution in [3.63, 3.8) is 0 Å². The highest BCUT2D eigenvalue weighted by atomic mass is 16.5. The Labute approximate surface area is 145 Å². The van der Waals surface area contributed by atoms with Crippen molar-refractivity contribution in [1.29, 1.82) is 0 Å². The summed E-state index contributed by atoms with van der Waals surface area (Å²) in [5, 5.41) is 6.52. The van der Waals surface area contributed by atoms with E-state index in [1.54, 1.807) is 39.3 Å². The third kappa shape index (κ3) is 3.63. The van der Waals surface area contributed by atoms with Gasteiger partial charge in [-0.3, -0.25) is 4.79 Å². The highest BCUT2D eigenvalue weighted by molar-refractivity contribution is 6.02. The third-order valence-corrected chi connectivity index (χ3v) is 3.71. The van der Waals surface area contributed by atoms with Crippen LogP contribution in [-0.2, 0) is 0 Å². The van der Waals surface area contributed by atoms with E-state index in [1.807, 2.05) is 30.3 Å². The fraction of sp³-hybridized carbons (Fsp3) is 0.158. The van der Waals surface area contributed by atoms with E-state index in [9.17, 15) is 4.79 Å². The number of carbonyl (C=O) groups excluding carboxylic acids is 1. The average molecular weight is 338 g/mol. The van der Waals surface area contributed by atoms with Gasteiger partial charge in [0.2, 0.25) is 5.76 Å². The van der Waals surface area contributed by atoms with E-state index in [0.29, 0.717) is 17.1 Å². The largest absolute Gasteiger partial charge is 0.497 e. The number of hydrogen-bond acceptors (Lipinski definition) is 5. The van der Waals surface area contributed by atoms with E-state index in [4.69, 9.17) is 14.0 Å². The van der Waals surface area contributed by atoms with Gasteiger partial charge in [-0.25, -0.2) is 0 Å². The molecular formula is C19H18N2O4. The monoisotopic (exact) mass is 338 g/mol. The standard InChI is InChI=1S/C19H18N2O4/c1-12-10-18(25-21-12)19(22)20-14-6-9-17(24-3)16(11-14)13-4-7-15(23-2)8-5-13/h4-11H,1-3H3,(H,20,22). The zero-order chi connectivity index (χ0) is 17.8. The molecule has 0 spiro atoms. The second-order valence-corrected chi connectivity index (χ2v) is 5.43. The SMILES string of the molecule is COc1ccc(-c2cc(NC(=O)c3cc(C)no3)ccc2OC)cc1. The Bertz CT molecular complexity index is 885. The molecule has 1 aromatic heterocycles. The molecule has 0 aliphatic carbocycles. The van der Waals surface area contributed by atoms with Gasteiger partial charge in [-0.2, -0.15) is 0 Å². The van der Waals surface area contributed by atoms with Gasteiger partial charge in [-0.1, -0.05) is 17.3 Å². The summed E-state index contributed by atoms with van der Waals surface area (Å²) in [6.45, 7) is 1.76. The van der Waals surface area contributed by atoms with Gasteiger partial charge in [-0.15, -0.1) is 0 Å². The van der Waals surface area contributed by atoms with Crippen LogP contribution in [0.15, 0.2) is 53.1 Å². The fourth-order valence-corrected chi connectivity index (χ4v) is 2.45. The Hall–Kier alpha value is -3.28. The van der Waals surface area contributed by atoms with Crippen LogP contribution in [0.25, 0.3) is 11.1 Å². The smallest absolute Gasteiger partial charge is 0.294 e. The number of rotatable bonds is 5. The van der Waals surface area contributed by atoms with Crippen molar-refractivity contribution < 1.29 is 18.8 Å². The maximum absolute atomic E-state index is 12.2. The van der Waals surface area contributed by atoms with Gasteiger partial charge in [-0.05, 0) is 42.8 Å². The molecule has 2 aromatic carbocycles. The van der Waals surface area contributed by atoms with Crippen LogP contribution in [-0.4, -0.2) is 25.3 Å². The summed E-state index contributed by atoms with van der Waals surface area (Å²) >= 11 is 0. The first-order chi connectivity index (χ1) is 12.1. The van der Waals surface area contributed by atoms with E-state index in [1.165, 1.54) is 0 Å². The molecule has 0 saturated heterocycles. The van der Waals surface area contributed by atoms with E-state index in [2.05, 4.69) is 10.5 Å². The number of ether oxygens (including phenoxy) is 2. The highest BCUT2D eigenvalue weighted by Crippen LogP contribution is 2.33. The predicted molar refractivity (Wildman–Crippen MR) is 94.2 cm³/mol. The number of amides is 1. The van der Waals surface area contributed by atoms with E-state index in [0.717, 1.165) is 16.9 Å². The molecule has 1 amide bonds. The van der Waals surface area contributed by atoms with Crippen molar-refractivity contribution in [1.82, 2.24) is 5.16 Å². The van der Waals surface area contributed by atoms with Crippen LogP contribution >= 0.6 is 0 Å². The summed E-state index contributed by atoms with van der Waals surface area (Å²) < 4.78 is 15.6.